The highest BCUT2D eigenvalue weighted by atomic mass is 79.9. The summed E-state index contributed by atoms with van der Waals surface area (Å²) in [5.41, 5.74) is 11.2. The lowest BCUT2D eigenvalue weighted by Gasteiger charge is -2.27. The van der Waals surface area contributed by atoms with E-state index in [0.29, 0.717) is 18.1 Å². The predicted molar refractivity (Wildman–Crippen MR) is 119 cm³/mol. The number of nitrogens with one attached hydrogen (secondary N) is 2. The van der Waals surface area contributed by atoms with Crippen LogP contribution in [0, 0.1) is 0 Å². The minimum atomic E-state index is -0.0608. The Morgan fingerprint density at radius 2 is 2.00 bits per heavy atom. The van der Waals surface area contributed by atoms with Crippen molar-refractivity contribution in [3.63, 3.8) is 0 Å². The van der Waals surface area contributed by atoms with Crippen LogP contribution in [-0.2, 0) is 19.5 Å². The number of hydrogen-bond acceptors (Lipinski definition) is 4. The van der Waals surface area contributed by atoms with Gasteiger partial charge < -0.3 is 15.7 Å². The molecule has 3 heterocycles. The fraction of sp³-hybridized carbons (Fsp3) is 0.182. The van der Waals surface area contributed by atoms with Gasteiger partial charge in [0.25, 0.3) is 5.56 Å². The Morgan fingerprint density at radius 1 is 1.17 bits per heavy atom. The maximum absolute atomic E-state index is 12.8. The minimum absolute atomic E-state index is 0.0608. The van der Waals surface area contributed by atoms with Crippen LogP contribution in [0.25, 0.3) is 22.3 Å². The molecule has 4 aromatic rings. The lowest BCUT2D eigenvalue weighted by molar-refractivity contribution is 0.242. The molecule has 6 nitrogen and oxygen atoms in total. The van der Waals surface area contributed by atoms with Crippen molar-refractivity contribution in [2.75, 3.05) is 12.3 Å². The number of halogens is 1. The molecule has 2 aromatic carbocycles. The molecule has 0 unspecified atom stereocenters. The summed E-state index contributed by atoms with van der Waals surface area (Å²) in [7, 11) is 0. The van der Waals surface area contributed by atoms with Gasteiger partial charge in [0.2, 0.25) is 0 Å². The summed E-state index contributed by atoms with van der Waals surface area (Å²) >= 11 is 3.51. The number of rotatable bonds is 3. The lowest BCUT2D eigenvalue weighted by Crippen LogP contribution is -2.35. The van der Waals surface area contributed by atoms with Crippen molar-refractivity contribution in [2.24, 2.45) is 0 Å². The van der Waals surface area contributed by atoms with Gasteiger partial charge in [-0.25, -0.2) is 4.98 Å². The van der Waals surface area contributed by atoms with Gasteiger partial charge >= 0.3 is 0 Å². The quantitative estimate of drug-likeness (QED) is 0.414. The first kappa shape index (κ1) is 18.1. The monoisotopic (exact) mass is 449 g/mol. The molecule has 0 fully saturated rings. The van der Waals surface area contributed by atoms with E-state index in [4.69, 9.17) is 10.7 Å². The molecule has 0 bridgehead atoms. The molecule has 0 saturated carbocycles. The number of aromatic nitrogens is 3. The van der Waals surface area contributed by atoms with Gasteiger partial charge in [-0.2, -0.15) is 0 Å². The van der Waals surface area contributed by atoms with Crippen molar-refractivity contribution in [1.29, 1.82) is 0 Å². The third-order valence-corrected chi connectivity index (χ3v) is 5.95. The Balaban J connectivity index is 1.40. The lowest BCUT2D eigenvalue weighted by atomic mass is 10.0. The summed E-state index contributed by atoms with van der Waals surface area (Å²) in [4.78, 5) is 26.1. The maximum atomic E-state index is 12.8. The number of benzene rings is 2. The second-order valence-corrected chi connectivity index (χ2v) is 8.34. The van der Waals surface area contributed by atoms with Crippen molar-refractivity contribution in [1.82, 2.24) is 19.9 Å². The molecule has 7 heteroatoms. The number of H-pyrrole nitrogens is 2. The molecule has 0 saturated heterocycles. The van der Waals surface area contributed by atoms with E-state index in [0.717, 1.165) is 46.3 Å². The topological polar surface area (TPSA) is 90.8 Å². The van der Waals surface area contributed by atoms with E-state index in [1.54, 1.807) is 0 Å². The Bertz CT molecular complexity index is 1260. The third-order valence-electron chi connectivity index (χ3n) is 5.46. The van der Waals surface area contributed by atoms with Gasteiger partial charge in [-0.1, -0.05) is 22.0 Å². The number of anilines is 1. The molecule has 1 aliphatic rings. The van der Waals surface area contributed by atoms with Gasteiger partial charge in [-0.3, -0.25) is 9.69 Å². The first-order valence-corrected chi connectivity index (χ1v) is 10.3. The molecule has 4 N–H and O–H groups in total. The third kappa shape index (κ3) is 3.47. The Kier molecular flexibility index (Phi) is 4.49. The summed E-state index contributed by atoms with van der Waals surface area (Å²) in [6, 6.07) is 13.6. The standard InChI is InChI=1S/C22H20BrN5O/c23-15-3-6-17-14(10-25-20(17)9-15)11-28-8-7-19-18(12-28)22(29)27-21(26-19)13-1-4-16(24)5-2-13/h1-6,9-10,25H,7-8,11-12,24H2,(H,26,27,29). The molecule has 0 aliphatic carbocycles. The minimum Gasteiger partial charge on any atom is -0.399 e. The summed E-state index contributed by atoms with van der Waals surface area (Å²) in [6.07, 6.45) is 2.81. The molecule has 0 amide bonds. The van der Waals surface area contributed by atoms with E-state index in [2.05, 4.69) is 55.2 Å². The normalized spacial score (nSPS) is 14.2. The van der Waals surface area contributed by atoms with Crippen LogP contribution in [0.2, 0.25) is 0 Å². The molecular formula is C22H20BrN5O. The molecule has 5 rings (SSSR count). The molecule has 0 spiro atoms. The van der Waals surface area contributed by atoms with Gasteiger partial charge in [0.15, 0.2) is 0 Å². The van der Waals surface area contributed by atoms with E-state index in [1.165, 1.54) is 10.9 Å². The highest BCUT2D eigenvalue weighted by Crippen LogP contribution is 2.25. The number of hydrogen-bond donors (Lipinski definition) is 3. The van der Waals surface area contributed by atoms with Gasteiger partial charge in [-0.05, 0) is 42.0 Å². The zero-order valence-corrected chi connectivity index (χ0v) is 17.3. The first-order valence-electron chi connectivity index (χ1n) is 9.53. The van der Waals surface area contributed by atoms with Crippen LogP contribution in [0.15, 0.2) is 57.9 Å². The van der Waals surface area contributed by atoms with Crippen molar-refractivity contribution in [3.05, 3.63) is 80.3 Å². The largest absolute Gasteiger partial charge is 0.399 e. The molecule has 1 aliphatic heterocycles. The zero-order chi connectivity index (χ0) is 20.0. The molecule has 29 heavy (non-hydrogen) atoms. The van der Waals surface area contributed by atoms with E-state index in [1.807, 2.05) is 24.3 Å². The number of nitrogens with zero attached hydrogens (tertiary/aromatic N) is 2. The van der Waals surface area contributed by atoms with Crippen LogP contribution in [0.3, 0.4) is 0 Å². The molecular weight excluding hydrogens is 430 g/mol. The highest BCUT2D eigenvalue weighted by molar-refractivity contribution is 9.10. The van der Waals surface area contributed by atoms with Crippen molar-refractivity contribution >= 4 is 32.5 Å². The van der Waals surface area contributed by atoms with Crippen molar-refractivity contribution < 1.29 is 0 Å². The number of fused-ring (bicyclic) bond motifs is 2. The molecule has 0 radical (unpaired) electrons. The molecule has 2 aromatic heterocycles. The van der Waals surface area contributed by atoms with Crippen molar-refractivity contribution in [3.8, 4) is 11.4 Å². The fourth-order valence-corrected chi connectivity index (χ4v) is 4.28. The number of nitrogens with two attached hydrogens (primary N) is 1. The van der Waals surface area contributed by atoms with Gasteiger partial charge in [-0.15, -0.1) is 0 Å². The van der Waals surface area contributed by atoms with Crippen molar-refractivity contribution in [2.45, 2.75) is 19.5 Å². The van der Waals surface area contributed by atoms with Crippen LogP contribution in [0.5, 0.6) is 0 Å². The van der Waals surface area contributed by atoms with Crippen LogP contribution >= 0.6 is 15.9 Å². The first-order chi connectivity index (χ1) is 14.1. The highest BCUT2D eigenvalue weighted by Gasteiger charge is 2.22. The van der Waals surface area contributed by atoms with Crippen LogP contribution in [0.4, 0.5) is 5.69 Å². The Morgan fingerprint density at radius 3 is 2.83 bits per heavy atom. The maximum Gasteiger partial charge on any atom is 0.255 e. The summed E-state index contributed by atoms with van der Waals surface area (Å²) in [6.45, 7) is 2.26. The van der Waals surface area contributed by atoms with E-state index in [9.17, 15) is 4.79 Å². The van der Waals surface area contributed by atoms with E-state index in [-0.39, 0.29) is 5.56 Å². The van der Waals surface area contributed by atoms with Gasteiger partial charge in [0, 0.05) is 58.9 Å². The number of aromatic amines is 2. The van der Waals surface area contributed by atoms with Crippen LogP contribution < -0.4 is 11.3 Å². The smallest absolute Gasteiger partial charge is 0.255 e. The SMILES string of the molecule is Nc1ccc(-c2nc3c(c(=O)[nH]2)CN(Cc2c[nH]c4cc(Br)ccc24)CC3)cc1. The second kappa shape index (κ2) is 7.17. The van der Waals surface area contributed by atoms with Gasteiger partial charge in [0.1, 0.15) is 5.82 Å². The average Bonchev–Trinajstić information content (AvgIpc) is 3.10. The van der Waals surface area contributed by atoms with E-state index < -0.39 is 0 Å². The summed E-state index contributed by atoms with van der Waals surface area (Å²) < 4.78 is 1.06. The zero-order valence-electron chi connectivity index (χ0n) is 15.7. The van der Waals surface area contributed by atoms with E-state index >= 15 is 0 Å². The Hall–Kier alpha value is -2.90. The summed E-state index contributed by atoms with van der Waals surface area (Å²) in [5.74, 6) is 0.601. The van der Waals surface area contributed by atoms with Gasteiger partial charge in [0.05, 0.1) is 11.3 Å². The molecule has 0 atom stereocenters. The second-order valence-electron chi connectivity index (χ2n) is 7.43. The predicted octanol–water partition coefficient (Wildman–Crippen LogP) is 3.82. The summed E-state index contributed by atoms with van der Waals surface area (Å²) in [5, 5.41) is 1.21. The number of nitrogen functional groups attached to an aromatic ring is 1. The fourth-order valence-electron chi connectivity index (χ4n) is 3.92. The molecule has 146 valence electrons. The Labute approximate surface area is 175 Å². The van der Waals surface area contributed by atoms with Crippen LogP contribution in [0.1, 0.15) is 16.8 Å². The average molecular weight is 450 g/mol. The van der Waals surface area contributed by atoms with Crippen LogP contribution in [-0.4, -0.2) is 26.4 Å².